The molecular weight excluding hydrogens is 224 g/mol. The second-order valence-corrected chi connectivity index (χ2v) is 6.08. The molecule has 0 radical (unpaired) electrons. The Morgan fingerprint density at radius 2 is 1.83 bits per heavy atom. The first-order chi connectivity index (χ1) is 8.49. The standard InChI is InChI=1S/C15H22N2O/c1-10-4-7-14(11(2)16-10)15(18)8-12-5-6-13(9-15)17(12)3/h4,7,12-13,18H,5-6,8-9H2,1-3H3. The summed E-state index contributed by atoms with van der Waals surface area (Å²) in [6, 6.07) is 5.16. The summed E-state index contributed by atoms with van der Waals surface area (Å²) in [7, 11) is 2.20. The molecular formula is C15H22N2O. The molecule has 1 N–H and O–H groups in total. The zero-order chi connectivity index (χ0) is 12.9. The average Bonchev–Trinajstić information content (AvgIpc) is 2.53. The van der Waals surface area contributed by atoms with Gasteiger partial charge in [0.05, 0.1) is 5.60 Å². The third kappa shape index (κ3) is 1.77. The lowest BCUT2D eigenvalue weighted by molar-refractivity contribution is -0.0499. The maximum absolute atomic E-state index is 11.0. The Kier molecular flexibility index (Phi) is 2.72. The van der Waals surface area contributed by atoms with Gasteiger partial charge >= 0.3 is 0 Å². The predicted molar refractivity (Wildman–Crippen MR) is 71.4 cm³/mol. The van der Waals surface area contributed by atoms with E-state index in [9.17, 15) is 5.11 Å². The smallest absolute Gasteiger partial charge is 0.0943 e. The van der Waals surface area contributed by atoms with Crippen molar-refractivity contribution in [2.75, 3.05) is 7.05 Å². The number of fused-ring (bicyclic) bond motifs is 2. The van der Waals surface area contributed by atoms with E-state index in [0.29, 0.717) is 12.1 Å². The molecule has 1 aromatic rings. The highest BCUT2D eigenvalue weighted by molar-refractivity contribution is 5.29. The summed E-state index contributed by atoms with van der Waals surface area (Å²) in [5, 5.41) is 11.0. The molecule has 0 amide bonds. The van der Waals surface area contributed by atoms with Crippen LogP contribution in [0.25, 0.3) is 0 Å². The van der Waals surface area contributed by atoms with Crippen molar-refractivity contribution < 1.29 is 5.11 Å². The van der Waals surface area contributed by atoms with E-state index in [2.05, 4.69) is 23.0 Å². The van der Waals surface area contributed by atoms with E-state index in [4.69, 9.17) is 0 Å². The fourth-order valence-corrected chi connectivity index (χ4v) is 3.84. The minimum Gasteiger partial charge on any atom is -0.385 e. The first-order valence-corrected chi connectivity index (χ1v) is 6.89. The second-order valence-electron chi connectivity index (χ2n) is 6.08. The molecule has 0 aromatic carbocycles. The first kappa shape index (κ1) is 12.1. The molecule has 3 rings (SSSR count). The number of rotatable bonds is 1. The van der Waals surface area contributed by atoms with Gasteiger partial charge in [0.15, 0.2) is 0 Å². The lowest BCUT2D eigenvalue weighted by Crippen LogP contribution is -2.48. The van der Waals surface area contributed by atoms with E-state index in [1.54, 1.807) is 0 Å². The van der Waals surface area contributed by atoms with E-state index in [1.165, 1.54) is 12.8 Å². The number of aryl methyl sites for hydroxylation is 2. The number of piperidine rings is 1. The monoisotopic (exact) mass is 246 g/mol. The van der Waals surface area contributed by atoms with Crippen molar-refractivity contribution in [3.8, 4) is 0 Å². The van der Waals surface area contributed by atoms with Gasteiger partial charge in [-0.25, -0.2) is 0 Å². The minimum atomic E-state index is -0.664. The van der Waals surface area contributed by atoms with Gasteiger partial charge in [0.2, 0.25) is 0 Å². The highest BCUT2D eigenvalue weighted by atomic mass is 16.3. The summed E-state index contributed by atoms with van der Waals surface area (Å²) >= 11 is 0. The predicted octanol–water partition coefficient (Wildman–Crippen LogP) is 2.14. The van der Waals surface area contributed by atoms with Crippen LogP contribution in [-0.2, 0) is 5.60 Å². The van der Waals surface area contributed by atoms with Crippen LogP contribution in [-0.4, -0.2) is 34.1 Å². The van der Waals surface area contributed by atoms with E-state index >= 15 is 0 Å². The van der Waals surface area contributed by atoms with Crippen LogP contribution in [0.4, 0.5) is 0 Å². The number of aliphatic hydroxyl groups is 1. The Hall–Kier alpha value is -0.930. The Labute approximate surface area is 109 Å². The van der Waals surface area contributed by atoms with Gasteiger partial charge < -0.3 is 10.0 Å². The van der Waals surface area contributed by atoms with Crippen molar-refractivity contribution in [3.05, 3.63) is 29.1 Å². The van der Waals surface area contributed by atoms with E-state index in [-0.39, 0.29) is 0 Å². The quantitative estimate of drug-likeness (QED) is 0.825. The molecule has 98 valence electrons. The number of aromatic nitrogens is 1. The summed E-state index contributed by atoms with van der Waals surface area (Å²) < 4.78 is 0. The van der Waals surface area contributed by atoms with Crippen LogP contribution in [0.1, 0.15) is 42.6 Å². The molecule has 0 saturated carbocycles. The summed E-state index contributed by atoms with van der Waals surface area (Å²) in [5.74, 6) is 0. The fraction of sp³-hybridized carbons (Fsp3) is 0.667. The van der Waals surface area contributed by atoms with Crippen molar-refractivity contribution in [2.24, 2.45) is 0 Å². The van der Waals surface area contributed by atoms with Gasteiger partial charge in [-0.05, 0) is 52.6 Å². The van der Waals surface area contributed by atoms with Crippen molar-refractivity contribution in [1.29, 1.82) is 0 Å². The Bertz CT molecular complexity index is 458. The average molecular weight is 246 g/mol. The third-order valence-corrected chi connectivity index (χ3v) is 4.86. The number of hydrogen-bond donors (Lipinski definition) is 1. The molecule has 2 aliphatic rings. The molecule has 0 aliphatic carbocycles. The lowest BCUT2D eigenvalue weighted by atomic mass is 9.80. The Balaban J connectivity index is 1.96. The first-order valence-electron chi connectivity index (χ1n) is 6.89. The molecule has 0 spiro atoms. The van der Waals surface area contributed by atoms with Crippen LogP contribution < -0.4 is 0 Å². The molecule has 18 heavy (non-hydrogen) atoms. The fourth-order valence-electron chi connectivity index (χ4n) is 3.84. The van der Waals surface area contributed by atoms with Gasteiger partial charge in [-0.1, -0.05) is 6.07 Å². The van der Waals surface area contributed by atoms with Gasteiger partial charge in [-0.15, -0.1) is 0 Å². The van der Waals surface area contributed by atoms with Crippen LogP contribution in [0.15, 0.2) is 12.1 Å². The van der Waals surface area contributed by atoms with Gasteiger partial charge in [-0.2, -0.15) is 0 Å². The summed E-state index contributed by atoms with van der Waals surface area (Å²) in [6.45, 7) is 4.01. The van der Waals surface area contributed by atoms with Crippen molar-refractivity contribution in [3.63, 3.8) is 0 Å². The molecule has 3 nitrogen and oxygen atoms in total. The van der Waals surface area contributed by atoms with Gasteiger partial charge in [0.1, 0.15) is 0 Å². The zero-order valence-electron chi connectivity index (χ0n) is 11.5. The van der Waals surface area contributed by atoms with Crippen molar-refractivity contribution in [1.82, 2.24) is 9.88 Å². The maximum atomic E-state index is 11.0. The van der Waals surface area contributed by atoms with Crippen molar-refractivity contribution >= 4 is 0 Å². The molecule has 2 saturated heterocycles. The SMILES string of the molecule is Cc1ccc(C2(O)CC3CCC(C2)N3C)c(C)n1. The summed E-state index contributed by atoms with van der Waals surface area (Å²) in [5.41, 5.74) is 2.39. The molecule has 2 fully saturated rings. The largest absolute Gasteiger partial charge is 0.385 e. The summed E-state index contributed by atoms with van der Waals surface area (Å²) in [4.78, 5) is 6.96. The summed E-state index contributed by atoms with van der Waals surface area (Å²) in [6.07, 6.45) is 4.15. The molecule has 2 aliphatic heterocycles. The van der Waals surface area contributed by atoms with Gasteiger partial charge in [0.25, 0.3) is 0 Å². The van der Waals surface area contributed by atoms with Gasteiger partial charge in [-0.3, -0.25) is 4.98 Å². The highest BCUT2D eigenvalue weighted by Crippen LogP contribution is 2.45. The van der Waals surface area contributed by atoms with Crippen molar-refractivity contribution in [2.45, 2.75) is 57.2 Å². The molecule has 3 heteroatoms. The molecule has 2 unspecified atom stereocenters. The lowest BCUT2D eigenvalue weighted by Gasteiger charge is -2.42. The third-order valence-electron chi connectivity index (χ3n) is 4.86. The number of hydrogen-bond acceptors (Lipinski definition) is 3. The van der Waals surface area contributed by atoms with Crippen LogP contribution in [0.2, 0.25) is 0 Å². The highest BCUT2D eigenvalue weighted by Gasteiger charge is 2.47. The minimum absolute atomic E-state index is 0.537. The van der Waals surface area contributed by atoms with Crippen LogP contribution in [0, 0.1) is 13.8 Å². The maximum Gasteiger partial charge on any atom is 0.0943 e. The van der Waals surface area contributed by atoms with Crippen LogP contribution in [0.3, 0.4) is 0 Å². The molecule has 2 atom stereocenters. The number of nitrogens with zero attached hydrogens (tertiary/aromatic N) is 2. The molecule has 2 bridgehead atoms. The normalized spacial score (nSPS) is 36.0. The van der Waals surface area contributed by atoms with E-state index < -0.39 is 5.60 Å². The number of pyridine rings is 1. The Morgan fingerprint density at radius 3 is 2.39 bits per heavy atom. The van der Waals surface area contributed by atoms with Crippen LogP contribution >= 0.6 is 0 Å². The van der Waals surface area contributed by atoms with Crippen LogP contribution in [0.5, 0.6) is 0 Å². The molecule has 1 aromatic heterocycles. The van der Waals surface area contributed by atoms with Gasteiger partial charge in [0, 0.05) is 29.0 Å². The zero-order valence-corrected chi connectivity index (χ0v) is 11.5. The topological polar surface area (TPSA) is 36.4 Å². The van der Waals surface area contributed by atoms with E-state index in [0.717, 1.165) is 29.8 Å². The molecule has 3 heterocycles. The second kappa shape index (κ2) is 4.04. The Morgan fingerprint density at radius 1 is 1.22 bits per heavy atom. The van der Waals surface area contributed by atoms with E-state index in [1.807, 2.05) is 19.9 Å².